The van der Waals surface area contributed by atoms with Crippen molar-refractivity contribution in [3.63, 3.8) is 0 Å². The molecule has 1 amide bonds. The number of nitrogens with two attached hydrogens (primary N) is 1. The van der Waals surface area contributed by atoms with E-state index in [1.165, 1.54) is 6.42 Å². The molecule has 0 spiro atoms. The van der Waals surface area contributed by atoms with Gasteiger partial charge in [0.2, 0.25) is 0 Å². The number of hydrogen-bond acceptors (Lipinski definition) is 3. The van der Waals surface area contributed by atoms with Crippen LogP contribution in [0.25, 0.3) is 0 Å². The van der Waals surface area contributed by atoms with Gasteiger partial charge in [-0.05, 0) is 37.3 Å². The zero-order chi connectivity index (χ0) is 13.7. The predicted octanol–water partition coefficient (Wildman–Crippen LogP) is 2.30. The van der Waals surface area contributed by atoms with Gasteiger partial charge in [-0.25, -0.2) is 0 Å². The molecular formula is C15H22N2O2. The fraction of sp³-hybridized carbons (Fsp3) is 0.533. The summed E-state index contributed by atoms with van der Waals surface area (Å²) in [5.41, 5.74) is 6.35. The maximum absolute atomic E-state index is 12.1. The Morgan fingerprint density at radius 2 is 2.16 bits per heavy atom. The van der Waals surface area contributed by atoms with Gasteiger partial charge in [-0.3, -0.25) is 4.79 Å². The van der Waals surface area contributed by atoms with Gasteiger partial charge in [0.05, 0.1) is 5.69 Å². The van der Waals surface area contributed by atoms with Crippen LogP contribution in [-0.2, 0) is 4.79 Å². The number of anilines is 1. The molecule has 2 N–H and O–H groups in total. The standard InChI is InChI=1S/C15H22N2O2/c1-12-5-4-9-17(10-8-12)15(18)11-19-14-7-3-2-6-13(14)16/h2-3,6-7,12H,4-5,8-11,16H2,1H3. The Labute approximate surface area is 114 Å². The Hall–Kier alpha value is -1.71. The number of likely N-dealkylation sites (tertiary alicyclic amines) is 1. The Balaban J connectivity index is 1.86. The second-order valence-corrected chi connectivity index (χ2v) is 5.24. The Morgan fingerprint density at radius 1 is 1.37 bits per heavy atom. The molecule has 1 fully saturated rings. The highest BCUT2D eigenvalue weighted by molar-refractivity contribution is 5.78. The average Bonchev–Trinajstić information content (AvgIpc) is 2.62. The van der Waals surface area contributed by atoms with Crippen LogP contribution < -0.4 is 10.5 Å². The Kier molecular flexibility index (Phi) is 4.66. The van der Waals surface area contributed by atoms with Crippen molar-refractivity contribution in [1.29, 1.82) is 0 Å². The largest absolute Gasteiger partial charge is 0.482 e. The smallest absolute Gasteiger partial charge is 0.260 e. The second-order valence-electron chi connectivity index (χ2n) is 5.24. The molecule has 4 nitrogen and oxygen atoms in total. The van der Waals surface area contributed by atoms with Gasteiger partial charge in [0.25, 0.3) is 5.91 Å². The van der Waals surface area contributed by atoms with Crippen molar-refractivity contribution < 1.29 is 9.53 Å². The number of carbonyl (C=O) groups is 1. The minimum Gasteiger partial charge on any atom is -0.482 e. The lowest BCUT2D eigenvalue weighted by Crippen LogP contribution is -2.35. The highest BCUT2D eigenvalue weighted by Crippen LogP contribution is 2.20. The van der Waals surface area contributed by atoms with E-state index in [1.54, 1.807) is 12.1 Å². The lowest BCUT2D eigenvalue weighted by atomic mass is 10.0. The summed E-state index contributed by atoms with van der Waals surface area (Å²) in [6.45, 7) is 4.00. The molecule has 104 valence electrons. The van der Waals surface area contributed by atoms with Gasteiger partial charge in [0.1, 0.15) is 5.75 Å². The zero-order valence-electron chi connectivity index (χ0n) is 11.5. The fourth-order valence-electron chi connectivity index (χ4n) is 2.36. The maximum atomic E-state index is 12.1. The highest BCUT2D eigenvalue weighted by Gasteiger charge is 2.18. The molecular weight excluding hydrogens is 240 g/mol. The van der Waals surface area contributed by atoms with Gasteiger partial charge in [-0.2, -0.15) is 0 Å². The molecule has 1 aromatic carbocycles. The van der Waals surface area contributed by atoms with Crippen molar-refractivity contribution in [2.75, 3.05) is 25.4 Å². The van der Waals surface area contributed by atoms with Crippen LogP contribution in [0.2, 0.25) is 0 Å². The van der Waals surface area contributed by atoms with Crippen LogP contribution in [0.15, 0.2) is 24.3 Å². The molecule has 0 aromatic heterocycles. The minimum atomic E-state index is 0.0531. The van der Waals surface area contributed by atoms with Gasteiger partial charge in [0, 0.05) is 13.1 Å². The molecule has 1 aliphatic heterocycles. The number of ether oxygens (including phenoxy) is 1. The summed E-state index contributed by atoms with van der Waals surface area (Å²) in [7, 11) is 0. The quantitative estimate of drug-likeness (QED) is 0.850. The van der Waals surface area contributed by atoms with E-state index in [0.29, 0.717) is 17.4 Å². The second kappa shape index (κ2) is 6.45. The summed E-state index contributed by atoms with van der Waals surface area (Å²) in [5.74, 6) is 1.35. The van der Waals surface area contributed by atoms with E-state index in [0.717, 1.165) is 25.9 Å². The number of benzene rings is 1. The van der Waals surface area contributed by atoms with Crippen molar-refractivity contribution in [3.8, 4) is 5.75 Å². The van der Waals surface area contributed by atoms with Crippen LogP contribution >= 0.6 is 0 Å². The molecule has 4 heteroatoms. The number of nitrogens with zero attached hydrogens (tertiary/aromatic N) is 1. The van der Waals surface area contributed by atoms with Crippen LogP contribution in [0, 0.1) is 5.92 Å². The zero-order valence-corrected chi connectivity index (χ0v) is 11.5. The molecule has 1 unspecified atom stereocenters. The first kappa shape index (κ1) is 13.7. The maximum Gasteiger partial charge on any atom is 0.260 e. The number of para-hydroxylation sites is 2. The van der Waals surface area contributed by atoms with Crippen molar-refractivity contribution >= 4 is 11.6 Å². The van der Waals surface area contributed by atoms with Crippen LogP contribution in [0.5, 0.6) is 5.75 Å². The van der Waals surface area contributed by atoms with E-state index in [2.05, 4.69) is 6.92 Å². The normalized spacial score (nSPS) is 19.8. The third-order valence-corrected chi connectivity index (χ3v) is 3.64. The fourth-order valence-corrected chi connectivity index (χ4v) is 2.36. The Bertz CT molecular complexity index is 434. The van der Waals surface area contributed by atoms with E-state index in [9.17, 15) is 4.79 Å². The minimum absolute atomic E-state index is 0.0531. The van der Waals surface area contributed by atoms with Gasteiger partial charge >= 0.3 is 0 Å². The van der Waals surface area contributed by atoms with Gasteiger partial charge in [0.15, 0.2) is 6.61 Å². The van der Waals surface area contributed by atoms with Crippen LogP contribution in [0.1, 0.15) is 26.2 Å². The first-order valence-corrected chi connectivity index (χ1v) is 6.92. The molecule has 1 heterocycles. The van der Waals surface area contributed by atoms with Crippen molar-refractivity contribution in [2.45, 2.75) is 26.2 Å². The van der Waals surface area contributed by atoms with E-state index < -0.39 is 0 Å². The molecule has 1 aliphatic rings. The average molecular weight is 262 g/mol. The SMILES string of the molecule is CC1CCCN(C(=O)COc2ccccc2N)CC1. The van der Waals surface area contributed by atoms with E-state index in [-0.39, 0.29) is 12.5 Å². The van der Waals surface area contributed by atoms with Crippen molar-refractivity contribution in [2.24, 2.45) is 5.92 Å². The van der Waals surface area contributed by atoms with Crippen molar-refractivity contribution in [1.82, 2.24) is 4.90 Å². The summed E-state index contributed by atoms with van der Waals surface area (Å²) in [4.78, 5) is 14.0. The van der Waals surface area contributed by atoms with E-state index in [1.807, 2.05) is 17.0 Å². The van der Waals surface area contributed by atoms with Gasteiger partial charge in [-0.1, -0.05) is 19.1 Å². The first-order valence-electron chi connectivity index (χ1n) is 6.92. The highest BCUT2D eigenvalue weighted by atomic mass is 16.5. The summed E-state index contributed by atoms with van der Waals surface area (Å²) in [6.07, 6.45) is 3.37. The lowest BCUT2D eigenvalue weighted by molar-refractivity contribution is -0.133. The molecule has 19 heavy (non-hydrogen) atoms. The molecule has 1 aromatic rings. The third kappa shape index (κ3) is 3.88. The molecule has 2 rings (SSSR count). The number of carbonyl (C=O) groups excluding carboxylic acids is 1. The molecule has 0 aliphatic carbocycles. The van der Waals surface area contributed by atoms with E-state index >= 15 is 0 Å². The summed E-state index contributed by atoms with van der Waals surface area (Å²) < 4.78 is 5.50. The number of nitrogen functional groups attached to an aromatic ring is 1. The van der Waals surface area contributed by atoms with Crippen LogP contribution in [0.4, 0.5) is 5.69 Å². The lowest BCUT2D eigenvalue weighted by Gasteiger charge is -2.20. The molecule has 0 bridgehead atoms. The van der Waals surface area contributed by atoms with E-state index in [4.69, 9.17) is 10.5 Å². The van der Waals surface area contributed by atoms with Gasteiger partial charge in [-0.15, -0.1) is 0 Å². The molecule has 1 atom stereocenters. The van der Waals surface area contributed by atoms with Gasteiger partial charge < -0.3 is 15.4 Å². The first-order chi connectivity index (χ1) is 9.16. The summed E-state index contributed by atoms with van der Waals surface area (Å²) in [5, 5.41) is 0. The molecule has 0 saturated carbocycles. The number of amides is 1. The monoisotopic (exact) mass is 262 g/mol. The topological polar surface area (TPSA) is 55.6 Å². The summed E-state index contributed by atoms with van der Waals surface area (Å²) in [6, 6.07) is 7.25. The van der Waals surface area contributed by atoms with Crippen LogP contribution in [-0.4, -0.2) is 30.5 Å². The molecule has 1 saturated heterocycles. The van der Waals surface area contributed by atoms with Crippen LogP contribution in [0.3, 0.4) is 0 Å². The third-order valence-electron chi connectivity index (χ3n) is 3.64. The number of hydrogen-bond donors (Lipinski definition) is 1. The Morgan fingerprint density at radius 3 is 2.95 bits per heavy atom. The number of rotatable bonds is 3. The molecule has 0 radical (unpaired) electrons. The predicted molar refractivity (Wildman–Crippen MR) is 75.9 cm³/mol. The van der Waals surface area contributed by atoms with Crippen molar-refractivity contribution in [3.05, 3.63) is 24.3 Å². The summed E-state index contributed by atoms with van der Waals surface area (Å²) >= 11 is 0.